The lowest BCUT2D eigenvalue weighted by Gasteiger charge is -2.37. The Morgan fingerprint density at radius 2 is 1.12 bits per heavy atom. The SMILES string of the molecule is CCN(CC)c1ccc(C2(c3ccc(N(CC)CC)cc3N(CC)CC)OC(=O)c3c(Cl)c(Cl)c(Cl)c(Cl)c32)c(C)c1. The molecule has 0 radical (unpaired) electrons. The molecular formula is C33H39Cl4N3O2. The third kappa shape index (κ3) is 5.21. The molecule has 0 fully saturated rings. The van der Waals surface area contributed by atoms with Gasteiger partial charge in [0.15, 0.2) is 5.60 Å². The fraction of sp³-hybridized carbons (Fsp3) is 0.424. The van der Waals surface area contributed by atoms with Crippen molar-refractivity contribution in [3.05, 3.63) is 84.3 Å². The van der Waals surface area contributed by atoms with Gasteiger partial charge in [0.25, 0.3) is 0 Å². The Balaban J connectivity index is 2.18. The fourth-order valence-electron chi connectivity index (χ4n) is 6.18. The molecule has 5 nitrogen and oxygen atoms in total. The van der Waals surface area contributed by atoms with Gasteiger partial charge in [-0.2, -0.15) is 0 Å². The van der Waals surface area contributed by atoms with E-state index < -0.39 is 11.6 Å². The molecular weight excluding hydrogens is 612 g/mol. The standard InChI is InChI=1S/C33H39Cl4N3O2/c1-8-38(9-2)21-14-16-23(20(7)18-21)33(27-26(32(41)42-33)28(34)30(36)31(37)29(27)35)24-17-15-22(39(10-3)11-4)19-25(24)40(12-5)13-6/h14-19H,8-13H2,1-7H3. The van der Waals surface area contributed by atoms with Crippen molar-refractivity contribution >= 4 is 69.4 Å². The summed E-state index contributed by atoms with van der Waals surface area (Å²) in [6.07, 6.45) is 0. The molecule has 0 aliphatic carbocycles. The van der Waals surface area contributed by atoms with Crippen LogP contribution in [0.25, 0.3) is 0 Å². The van der Waals surface area contributed by atoms with Crippen molar-refractivity contribution in [1.82, 2.24) is 0 Å². The highest BCUT2D eigenvalue weighted by Gasteiger charge is 2.54. The molecule has 3 aromatic rings. The van der Waals surface area contributed by atoms with Gasteiger partial charge >= 0.3 is 5.97 Å². The highest BCUT2D eigenvalue weighted by molar-refractivity contribution is 6.53. The molecule has 1 aliphatic rings. The van der Waals surface area contributed by atoms with Crippen LogP contribution in [0.4, 0.5) is 17.1 Å². The summed E-state index contributed by atoms with van der Waals surface area (Å²) >= 11 is 26.9. The molecule has 3 aromatic carbocycles. The van der Waals surface area contributed by atoms with Crippen molar-refractivity contribution in [2.45, 2.75) is 54.1 Å². The van der Waals surface area contributed by atoms with Crippen molar-refractivity contribution in [2.75, 3.05) is 54.0 Å². The first-order valence-electron chi connectivity index (χ1n) is 14.7. The summed E-state index contributed by atoms with van der Waals surface area (Å²) in [6, 6.07) is 12.5. The van der Waals surface area contributed by atoms with Crippen LogP contribution in [0, 0.1) is 6.92 Å². The molecule has 0 N–H and O–H groups in total. The minimum Gasteiger partial charge on any atom is -0.440 e. The number of benzene rings is 3. The van der Waals surface area contributed by atoms with Gasteiger partial charge in [-0.25, -0.2) is 4.79 Å². The smallest absolute Gasteiger partial charge is 0.341 e. The minimum absolute atomic E-state index is 0.0317. The molecule has 0 spiro atoms. The largest absolute Gasteiger partial charge is 0.440 e. The lowest BCUT2D eigenvalue weighted by atomic mass is 9.77. The second-order valence-electron chi connectivity index (χ2n) is 10.3. The van der Waals surface area contributed by atoms with Crippen molar-refractivity contribution in [2.24, 2.45) is 0 Å². The van der Waals surface area contributed by atoms with Gasteiger partial charge in [0.1, 0.15) is 0 Å². The number of carbonyl (C=O) groups is 1. The van der Waals surface area contributed by atoms with Crippen LogP contribution in [0.3, 0.4) is 0 Å². The lowest BCUT2D eigenvalue weighted by molar-refractivity contribution is 0.0251. The second kappa shape index (κ2) is 13.1. The van der Waals surface area contributed by atoms with E-state index >= 15 is 0 Å². The number of hydrogen-bond donors (Lipinski definition) is 0. The van der Waals surface area contributed by atoms with Crippen LogP contribution in [0.5, 0.6) is 0 Å². The van der Waals surface area contributed by atoms with Crippen molar-refractivity contribution in [3.63, 3.8) is 0 Å². The zero-order valence-corrected chi connectivity index (χ0v) is 28.4. The van der Waals surface area contributed by atoms with Crippen LogP contribution in [0.2, 0.25) is 20.1 Å². The maximum absolute atomic E-state index is 13.8. The number of cyclic esters (lactones) is 1. The molecule has 0 amide bonds. The third-order valence-corrected chi connectivity index (χ3v) is 10.2. The summed E-state index contributed by atoms with van der Waals surface area (Å²) in [4.78, 5) is 20.7. The normalized spacial score (nSPS) is 15.9. The number of halogens is 4. The van der Waals surface area contributed by atoms with Gasteiger partial charge in [-0.3, -0.25) is 0 Å². The number of esters is 1. The van der Waals surface area contributed by atoms with E-state index in [4.69, 9.17) is 51.1 Å². The van der Waals surface area contributed by atoms with E-state index in [-0.39, 0.29) is 25.7 Å². The molecule has 0 bridgehead atoms. The van der Waals surface area contributed by atoms with Crippen molar-refractivity contribution < 1.29 is 9.53 Å². The Morgan fingerprint density at radius 3 is 1.62 bits per heavy atom. The van der Waals surface area contributed by atoms with Crippen LogP contribution in [-0.2, 0) is 10.3 Å². The van der Waals surface area contributed by atoms with Gasteiger partial charge in [-0.05, 0) is 78.3 Å². The topological polar surface area (TPSA) is 36.0 Å². The molecule has 42 heavy (non-hydrogen) atoms. The Morgan fingerprint density at radius 1 is 0.643 bits per heavy atom. The van der Waals surface area contributed by atoms with Gasteiger partial charge in [0.2, 0.25) is 0 Å². The van der Waals surface area contributed by atoms with Crippen LogP contribution >= 0.6 is 46.4 Å². The average Bonchev–Trinajstić information content (AvgIpc) is 3.30. The van der Waals surface area contributed by atoms with Gasteiger partial charge in [-0.1, -0.05) is 58.5 Å². The molecule has 0 aromatic heterocycles. The molecule has 1 atom stereocenters. The minimum atomic E-state index is -1.42. The number of anilines is 3. The molecule has 0 saturated heterocycles. The van der Waals surface area contributed by atoms with Crippen LogP contribution < -0.4 is 14.7 Å². The van der Waals surface area contributed by atoms with E-state index in [9.17, 15) is 4.79 Å². The number of carbonyl (C=O) groups excluding carboxylic acids is 1. The quantitative estimate of drug-likeness (QED) is 0.117. The Hall–Kier alpha value is -2.31. The highest BCUT2D eigenvalue weighted by Crippen LogP contribution is 2.57. The van der Waals surface area contributed by atoms with Gasteiger partial charge in [-0.15, -0.1) is 0 Å². The highest BCUT2D eigenvalue weighted by atomic mass is 35.5. The van der Waals surface area contributed by atoms with Crippen LogP contribution in [0.15, 0.2) is 36.4 Å². The molecule has 0 saturated carbocycles. The monoisotopic (exact) mass is 649 g/mol. The maximum Gasteiger partial charge on any atom is 0.341 e. The summed E-state index contributed by atoms with van der Waals surface area (Å²) in [5.74, 6) is -0.596. The first-order chi connectivity index (χ1) is 20.1. The first kappa shape index (κ1) is 32.6. The number of nitrogens with zero attached hydrogens (tertiary/aromatic N) is 3. The summed E-state index contributed by atoms with van der Waals surface area (Å²) in [5, 5.41) is 0.308. The van der Waals surface area contributed by atoms with E-state index in [1.165, 1.54) is 0 Å². The summed E-state index contributed by atoms with van der Waals surface area (Å²) < 4.78 is 6.55. The van der Waals surface area contributed by atoms with Crippen LogP contribution in [-0.4, -0.2) is 45.2 Å². The van der Waals surface area contributed by atoms with Gasteiger partial charge < -0.3 is 19.4 Å². The van der Waals surface area contributed by atoms with E-state index in [2.05, 4.69) is 80.5 Å². The molecule has 1 aliphatic heterocycles. The number of ether oxygens (including phenoxy) is 1. The molecule has 1 heterocycles. The summed E-state index contributed by atoms with van der Waals surface area (Å²) in [7, 11) is 0. The third-order valence-electron chi connectivity index (χ3n) is 8.38. The predicted octanol–water partition coefficient (Wildman–Crippen LogP) is 9.61. The van der Waals surface area contributed by atoms with E-state index in [0.717, 1.165) is 73.0 Å². The maximum atomic E-state index is 13.8. The van der Waals surface area contributed by atoms with E-state index in [1.807, 2.05) is 19.1 Å². The fourth-order valence-corrected chi connectivity index (χ4v) is 7.24. The Bertz CT molecular complexity index is 1480. The number of fused-ring (bicyclic) bond motifs is 1. The molecule has 9 heteroatoms. The van der Waals surface area contributed by atoms with Crippen LogP contribution in [0.1, 0.15) is 74.2 Å². The van der Waals surface area contributed by atoms with E-state index in [0.29, 0.717) is 5.56 Å². The van der Waals surface area contributed by atoms with Crippen molar-refractivity contribution in [3.8, 4) is 0 Å². The Kier molecular flexibility index (Phi) is 10.2. The lowest BCUT2D eigenvalue weighted by Crippen LogP contribution is -2.35. The zero-order chi connectivity index (χ0) is 30.9. The first-order valence-corrected chi connectivity index (χ1v) is 16.2. The number of hydrogen-bond acceptors (Lipinski definition) is 5. The number of rotatable bonds is 11. The zero-order valence-electron chi connectivity index (χ0n) is 25.4. The average molecular weight is 652 g/mol. The Labute approximate surface area is 270 Å². The molecule has 226 valence electrons. The van der Waals surface area contributed by atoms with Gasteiger partial charge in [0, 0.05) is 73.0 Å². The second-order valence-corrected chi connectivity index (χ2v) is 11.8. The van der Waals surface area contributed by atoms with Crippen molar-refractivity contribution in [1.29, 1.82) is 0 Å². The van der Waals surface area contributed by atoms with E-state index in [1.54, 1.807) is 0 Å². The predicted molar refractivity (Wildman–Crippen MR) is 180 cm³/mol. The number of aryl methyl sites for hydroxylation is 1. The molecule has 4 rings (SSSR count). The summed E-state index contributed by atoms with van der Waals surface area (Å²) in [5.41, 5.74) is 4.74. The summed E-state index contributed by atoms with van der Waals surface area (Å²) in [6.45, 7) is 19.7. The van der Waals surface area contributed by atoms with Gasteiger partial charge in [0.05, 0.1) is 25.7 Å². The molecule has 1 unspecified atom stereocenters.